The van der Waals surface area contributed by atoms with Crippen LogP contribution in [0.4, 0.5) is 0 Å². The van der Waals surface area contributed by atoms with Crippen molar-refractivity contribution in [1.29, 1.82) is 0 Å². The molecule has 0 fully saturated rings. The largest absolute Gasteiger partial charge is 0.451 e. The SMILES string of the molecule is Cc1sc2nc([C@H](C)OC(=O)c3ccc(Cl)cc3)[nH]c(=O)c2c1C. The van der Waals surface area contributed by atoms with Gasteiger partial charge in [-0.05, 0) is 50.6 Å². The van der Waals surface area contributed by atoms with Gasteiger partial charge in [-0.1, -0.05) is 11.6 Å². The number of nitrogens with zero attached hydrogens (tertiary/aromatic N) is 1. The molecule has 2 heterocycles. The summed E-state index contributed by atoms with van der Waals surface area (Å²) >= 11 is 7.26. The van der Waals surface area contributed by atoms with Gasteiger partial charge in [0.1, 0.15) is 4.83 Å². The van der Waals surface area contributed by atoms with E-state index in [1.54, 1.807) is 31.2 Å². The van der Waals surface area contributed by atoms with Gasteiger partial charge >= 0.3 is 5.97 Å². The van der Waals surface area contributed by atoms with Crippen molar-refractivity contribution in [1.82, 2.24) is 9.97 Å². The van der Waals surface area contributed by atoms with Crippen LogP contribution >= 0.6 is 22.9 Å². The lowest BCUT2D eigenvalue weighted by Crippen LogP contribution is -2.17. The van der Waals surface area contributed by atoms with Crippen LogP contribution in [-0.2, 0) is 4.74 Å². The normalized spacial score (nSPS) is 12.3. The van der Waals surface area contributed by atoms with Gasteiger partial charge in [0.25, 0.3) is 5.56 Å². The Morgan fingerprint density at radius 2 is 1.96 bits per heavy atom. The van der Waals surface area contributed by atoms with Crippen LogP contribution in [0.1, 0.15) is 39.7 Å². The van der Waals surface area contributed by atoms with Crippen LogP contribution in [0.15, 0.2) is 29.1 Å². The molecule has 0 bridgehead atoms. The van der Waals surface area contributed by atoms with Gasteiger partial charge in [0, 0.05) is 9.90 Å². The number of carbonyl (C=O) groups excluding carboxylic acids is 1. The van der Waals surface area contributed by atoms with Gasteiger partial charge < -0.3 is 9.72 Å². The number of nitrogens with one attached hydrogen (secondary N) is 1. The molecule has 0 unspecified atom stereocenters. The summed E-state index contributed by atoms with van der Waals surface area (Å²) < 4.78 is 5.39. The second kappa shape index (κ2) is 6.37. The third kappa shape index (κ3) is 3.07. The minimum atomic E-state index is -0.673. The van der Waals surface area contributed by atoms with E-state index in [-0.39, 0.29) is 5.56 Å². The number of ether oxygens (including phenoxy) is 1. The molecule has 24 heavy (non-hydrogen) atoms. The zero-order valence-electron chi connectivity index (χ0n) is 13.3. The first kappa shape index (κ1) is 16.7. The lowest BCUT2D eigenvalue weighted by atomic mass is 10.2. The lowest BCUT2D eigenvalue weighted by molar-refractivity contribution is 0.0320. The Bertz CT molecular complexity index is 976. The molecule has 3 aromatic rings. The van der Waals surface area contributed by atoms with Crippen LogP contribution in [0.3, 0.4) is 0 Å². The zero-order chi connectivity index (χ0) is 17.4. The molecule has 0 amide bonds. The van der Waals surface area contributed by atoms with Gasteiger partial charge in [0.15, 0.2) is 11.9 Å². The summed E-state index contributed by atoms with van der Waals surface area (Å²) in [5, 5.41) is 1.14. The van der Waals surface area contributed by atoms with Crippen molar-refractivity contribution in [2.24, 2.45) is 0 Å². The first-order valence-corrected chi connectivity index (χ1v) is 8.52. The van der Waals surface area contributed by atoms with Gasteiger partial charge in [-0.2, -0.15) is 0 Å². The van der Waals surface area contributed by atoms with Crippen LogP contribution in [0.5, 0.6) is 0 Å². The van der Waals surface area contributed by atoms with E-state index >= 15 is 0 Å². The molecule has 1 aromatic carbocycles. The summed E-state index contributed by atoms with van der Waals surface area (Å²) in [6.45, 7) is 5.52. The predicted octanol–water partition coefficient (Wildman–Crippen LogP) is 4.17. The van der Waals surface area contributed by atoms with Crippen molar-refractivity contribution in [3.63, 3.8) is 0 Å². The fourth-order valence-corrected chi connectivity index (χ4v) is 3.50. The highest BCUT2D eigenvalue weighted by atomic mass is 35.5. The molecule has 0 spiro atoms. The Kier molecular flexibility index (Phi) is 4.43. The minimum absolute atomic E-state index is 0.216. The molecule has 124 valence electrons. The first-order chi connectivity index (χ1) is 11.4. The molecule has 0 saturated carbocycles. The van der Waals surface area contributed by atoms with E-state index in [9.17, 15) is 9.59 Å². The van der Waals surface area contributed by atoms with Crippen molar-refractivity contribution in [3.8, 4) is 0 Å². The van der Waals surface area contributed by atoms with Gasteiger partial charge in [-0.15, -0.1) is 11.3 Å². The minimum Gasteiger partial charge on any atom is -0.451 e. The van der Waals surface area contributed by atoms with E-state index in [2.05, 4.69) is 9.97 Å². The Balaban J connectivity index is 1.88. The number of aryl methyl sites for hydroxylation is 2. The summed E-state index contributed by atoms with van der Waals surface area (Å²) in [6, 6.07) is 6.41. The number of aromatic amines is 1. The van der Waals surface area contributed by atoms with Crippen molar-refractivity contribution in [2.75, 3.05) is 0 Å². The van der Waals surface area contributed by atoms with E-state index in [0.29, 0.717) is 26.6 Å². The van der Waals surface area contributed by atoms with E-state index in [0.717, 1.165) is 10.4 Å². The molecular formula is C17H15ClN2O3S. The van der Waals surface area contributed by atoms with E-state index < -0.39 is 12.1 Å². The van der Waals surface area contributed by atoms with E-state index in [1.807, 2.05) is 13.8 Å². The summed E-state index contributed by atoms with van der Waals surface area (Å²) in [7, 11) is 0. The standard InChI is InChI=1S/C17H15ClN2O3S/c1-8-10(3)24-16-13(8)15(21)19-14(20-16)9(2)23-17(22)11-4-6-12(18)7-5-11/h4-7,9H,1-3H3,(H,19,20,21)/t9-/m0/s1. The lowest BCUT2D eigenvalue weighted by Gasteiger charge is -2.12. The highest BCUT2D eigenvalue weighted by molar-refractivity contribution is 7.18. The number of hydrogen-bond acceptors (Lipinski definition) is 5. The average Bonchev–Trinajstić information content (AvgIpc) is 2.82. The summed E-state index contributed by atoms with van der Waals surface area (Å²) in [5.74, 6) is -0.170. The van der Waals surface area contributed by atoms with Crippen LogP contribution in [0.25, 0.3) is 10.2 Å². The zero-order valence-corrected chi connectivity index (χ0v) is 14.9. The third-order valence-corrected chi connectivity index (χ3v) is 5.16. The van der Waals surface area contributed by atoms with Gasteiger partial charge in [0.05, 0.1) is 10.9 Å². The van der Waals surface area contributed by atoms with Crippen LogP contribution < -0.4 is 5.56 Å². The Morgan fingerprint density at radius 1 is 1.29 bits per heavy atom. The molecule has 1 N–H and O–H groups in total. The number of fused-ring (bicyclic) bond motifs is 1. The number of rotatable bonds is 3. The van der Waals surface area contributed by atoms with E-state index in [4.69, 9.17) is 16.3 Å². The highest BCUT2D eigenvalue weighted by Crippen LogP contribution is 2.27. The molecule has 7 heteroatoms. The monoisotopic (exact) mass is 362 g/mol. The molecule has 3 rings (SSSR count). The quantitative estimate of drug-likeness (QED) is 0.709. The Labute approximate surface area is 147 Å². The number of hydrogen-bond donors (Lipinski definition) is 1. The topological polar surface area (TPSA) is 72.0 Å². The molecule has 5 nitrogen and oxygen atoms in total. The number of esters is 1. The summed E-state index contributed by atoms with van der Waals surface area (Å²) in [5.41, 5.74) is 1.10. The molecule has 0 radical (unpaired) electrons. The number of H-pyrrole nitrogens is 1. The third-order valence-electron chi connectivity index (χ3n) is 3.81. The van der Waals surface area contributed by atoms with Crippen molar-refractivity contribution < 1.29 is 9.53 Å². The molecule has 0 aliphatic heterocycles. The maximum atomic E-state index is 12.3. The maximum Gasteiger partial charge on any atom is 0.338 e. The van der Waals surface area contributed by atoms with Crippen molar-refractivity contribution in [3.05, 3.63) is 61.5 Å². The first-order valence-electron chi connectivity index (χ1n) is 7.33. The molecule has 2 aromatic heterocycles. The second-order valence-corrected chi connectivity index (χ2v) is 7.11. The molecular weight excluding hydrogens is 348 g/mol. The van der Waals surface area contributed by atoms with E-state index in [1.165, 1.54) is 11.3 Å². The average molecular weight is 363 g/mol. The van der Waals surface area contributed by atoms with Gasteiger partial charge in [0.2, 0.25) is 0 Å². The van der Waals surface area contributed by atoms with Crippen molar-refractivity contribution in [2.45, 2.75) is 26.9 Å². The van der Waals surface area contributed by atoms with Gasteiger partial charge in [-0.25, -0.2) is 9.78 Å². The number of carbonyl (C=O) groups is 1. The number of aromatic nitrogens is 2. The number of halogens is 1. The highest BCUT2D eigenvalue weighted by Gasteiger charge is 2.19. The smallest absolute Gasteiger partial charge is 0.338 e. The number of benzene rings is 1. The molecule has 0 aliphatic carbocycles. The fourth-order valence-electron chi connectivity index (χ4n) is 2.33. The molecule has 1 atom stereocenters. The van der Waals surface area contributed by atoms with Crippen molar-refractivity contribution >= 4 is 39.1 Å². The number of thiophene rings is 1. The Morgan fingerprint density at radius 3 is 2.62 bits per heavy atom. The second-order valence-electron chi connectivity index (χ2n) is 5.47. The van der Waals surface area contributed by atoms with Crippen LogP contribution in [0, 0.1) is 13.8 Å². The summed E-state index contributed by atoms with van der Waals surface area (Å²) in [6.07, 6.45) is -0.673. The van der Waals surface area contributed by atoms with Crippen LogP contribution in [-0.4, -0.2) is 15.9 Å². The molecule has 0 aliphatic rings. The molecule has 0 saturated heterocycles. The predicted molar refractivity (Wildman–Crippen MR) is 95.0 cm³/mol. The maximum absolute atomic E-state index is 12.3. The van der Waals surface area contributed by atoms with Crippen LogP contribution in [0.2, 0.25) is 5.02 Å². The fraction of sp³-hybridized carbons (Fsp3) is 0.235. The van der Waals surface area contributed by atoms with Gasteiger partial charge in [-0.3, -0.25) is 4.79 Å². The Hall–Kier alpha value is -2.18. The summed E-state index contributed by atoms with van der Waals surface area (Å²) in [4.78, 5) is 33.3.